The second-order valence-electron chi connectivity index (χ2n) is 4.30. The van der Waals surface area contributed by atoms with Gasteiger partial charge < -0.3 is 9.31 Å². The van der Waals surface area contributed by atoms with E-state index < -0.39 is 0 Å². The normalized spacial score (nSPS) is 29.0. The van der Waals surface area contributed by atoms with Crippen LogP contribution in [0.1, 0.15) is 34.6 Å². The minimum Gasteiger partial charge on any atom is -0.403 e. The second-order valence-corrected chi connectivity index (χ2v) is 5.75. The van der Waals surface area contributed by atoms with Gasteiger partial charge in [0.05, 0.1) is 11.2 Å². The highest BCUT2D eigenvalue weighted by Crippen LogP contribution is 2.38. The minimum absolute atomic E-state index is 0.130. The smallest absolute Gasteiger partial charge is 0.403 e. The van der Waals surface area contributed by atoms with E-state index in [1.165, 1.54) is 0 Å². The molecule has 0 aliphatic carbocycles. The third-order valence-corrected chi connectivity index (χ3v) is 3.08. The maximum Gasteiger partial charge on any atom is 0.472 e. The van der Waals surface area contributed by atoms with Crippen molar-refractivity contribution < 1.29 is 9.31 Å². The molecular weight excluding hydrogens is 219 g/mol. The zero-order valence-corrected chi connectivity index (χ0v) is 9.94. The molecule has 4 heteroatoms. The van der Waals surface area contributed by atoms with Crippen LogP contribution in [-0.2, 0) is 9.31 Å². The van der Waals surface area contributed by atoms with Crippen LogP contribution in [0.5, 0.6) is 0 Å². The molecule has 1 rings (SSSR count). The molecule has 0 spiro atoms. The first-order chi connectivity index (χ1) is 5.26. The second kappa shape index (κ2) is 3.00. The maximum absolute atomic E-state index is 5.76. The van der Waals surface area contributed by atoms with E-state index in [9.17, 15) is 0 Å². The van der Waals surface area contributed by atoms with Gasteiger partial charge in [-0.1, -0.05) is 22.9 Å². The molecule has 2 nitrogen and oxygen atoms in total. The van der Waals surface area contributed by atoms with Crippen molar-refractivity contribution in [3.63, 3.8) is 0 Å². The molecule has 1 aliphatic rings. The fourth-order valence-electron chi connectivity index (χ4n) is 1.08. The average Bonchev–Trinajstić information content (AvgIpc) is 2.03. The van der Waals surface area contributed by atoms with E-state index in [0.29, 0.717) is 0 Å². The highest BCUT2D eigenvalue weighted by molar-refractivity contribution is 9.10. The first kappa shape index (κ1) is 10.5. The van der Waals surface area contributed by atoms with E-state index in [0.717, 1.165) is 0 Å². The van der Waals surface area contributed by atoms with Crippen molar-refractivity contribution in [3.05, 3.63) is 0 Å². The van der Waals surface area contributed by atoms with Crippen LogP contribution in [0.2, 0.25) is 0 Å². The van der Waals surface area contributed by atoms with Crippen molar-refractivity contribution >= 4 is 23.0 Å². The fraction of sp³-hybridized carbons (Fsp3) is 1.00. The Hall–Kier alpha value is 0.465. The van der Waals surface area contributed by atoms with Crippen LogP contribution in [0.4, 0.5) is 0 Å². The fourth-order valence-corrected chi connectivity index (χ4v) is 1.29. The SMILES string of the molecule is C[C@H](Br)B1OC(C)(C)C(C)(C)O1. The van der Waals surface area contributed by atoms with Crippen LogP contribution >= 0.6 is 15.9 Å². The average molecular weight is 235 g/mol. The van der Waals surface area contributed by atoms with Gasteiger partial charge in [0.1, 0.15) is 0 Å². The zero-order valence-electron chi connectivity index (χ0n) is 8.35. The van der Waals surface area contributed by atoms with Crippen molar-refractivity contribution in [1.29, 1.82) is 0 Å². The summed E-state index contributed by atoms with van der Waals surface area (Å²) >= 11 is 3.45. The Labute approximate surface area is 83.3 Å². The minimum atomic E-state index is -0.209. The van der Waals surface area contributed by atoms with Crippen molar-refractivity contribution in [2.45, 2.75) is 50.5 Å². The predicted molar refractivity (Wildman–Crippen MR) is 54.5 cm³/mol. The molecule has 1 saturated heterocycles. The van der Waals surface area contributed by atoms with Crippen LogP contribution in [0, 0.1) is 0 Å². The van der Waals surface area contributed by atoms with Gasteiger partial charge in [-0.05, 0) is 27.7 Å². The molecule has 0 radical (unpaired) electrons. The van der Waals surface area contributed by atoms with Gasteiger partial charge in [0, 0.05) is 4.73 Å². The number of alkyl halides is 1. The third kappa shape index (κ3) is 1.70. The molecule has 1 atom stereocenters. The molecule has 1 aliphatic heterocycles. The van der Waals surface area contributed by atoms with Crippen LogP contribution in [0.3, 0.4) is 0 Å². The van der Waals surface area contributed by atoms with Gasteiger partial charge in [-0.2, -0.15) is 0 Å². The number of hydrogen-bond acceptors (Lipinski definition) is 2. The summed E-state index contributed by atoms with van der Waals surface area (Å²) in [5.74, 6) is 0. The lowest BCUT2D eigenvalue weighted by atomic mass is 9.86. The molecule has 1 heterocycles. The van der Waals surface area contributed by atoms with Gasteiger partial charge in [0.2, 0.25) is 0 Å². The van der Waals surface area contributed by atoms with Gasteiger partial charge in [0.15, 0.2) is 0 Å². The van der Waals surface area contributed by atoms with Crippen molar-refractivity contribution in [2.24, 2.45) is 0 Å². The van der Waals surface area contributed by atoms with Crippen LogP contribution in [-0.4, -0.2) is 23.0 Å². The summed E-state index contributed by atoms with van der Waals surface area (Å²) < 4.78 is 11.7. The molecule has 0 N–H and O–H groups in total. The summed E-state index contributed by atoms with van der Waals surface area (Å²) in [5.41, 5.74) is -0.417. The Balaban J connectivity index is 2.74. The molecule has 0 aromatic rings. The summed E-state index contributed by atoms with van der Waals surface area (Å²) in [6.07, 6.45) is 0. The molecule has 0 unspecified atom stereocenters. The van der Waals surface area contributed by atoms with E-state index in [-0.39, 0.29) is 23.0 Å². The van der Waals surface area contributed by atoms with Gasteiger partial charge in [-0.3, -0.25) is 0 Å². The third-order valence-electron chi connectivity index (χ3n) is 2.65. The Morgan fingerprint density at radius 2 is 1.42 bits per heavy atom. The number of hydrogen-bond donors (Lipinski definition) is 0. The molecule has 0 aromatic carbocycles. The van der Waals surface area contributed by atoms with E-state index in [1.807, 2.05) is 6.92 Å². The van der Waals surface area contributed by atoms with Crippen molar-refractivity contribution in [3.8, 4) is 0 Å². The molecule has 0 amide bonds. The van der Waals surface area contributed by atoms with E-state index in [4.69, 9.17) is 9.31 Å². The molecule has 70 valence electrons. The molecule has 0 saturated carbocycles. The molecule has 0 aromatic heterocycles. The van der Waals surface area contributed by atoms with E-state index in [2.05, 4.69) is 43.6 Å². The Kier molecular flexibility index (Phi) is 2.63. The zero-order chi connectivity index (χ0) is 9.57. The maximum atomic E-state index is 5.76. The molecule has 12 heavy (non-hydrogen) atoms. The van der Waals surface area contributed by atoms with Gasteiger partial charge in [0.25, 0.3) is 0 Å². The topological polar surface area (TPSA) is 18.5 Å². The standard InChI is InChI=1S/C8H16BBrO2/c1-6(10)9-11-7(2,3)8(4,5)12-9/h6H,1-5H3/t6-/m0/s1. The Morgan fingerprint density at radius 3 is 1.58 bits per heavy atom. The van der Waals surface area contributed by atoms with Gasteiger partial charge in [-0.15, -0.1) is 0 Å². The predicted octanol–water partition coefficient (Wildman–Crippen LogP) is 2.40. The highest BCUT2D eigenvalue weighted by Gasteiger charge is 2.52. The first-order valence-corrected chi connectivity index (χ1v) is 5.17. The molecule has 0 bridgehead atoms. The van der Waals surface area contributed by atoms with Crippen molar-refractivity contribution in [2.75, 3.05) is 0 Å². The summed E-state index contributed by atoms with van der Waals surface area (Å²) in [6.45, 7) is 10.3. The summed E-state index contributed by atoms with van der Waals surface area (Å²) in [6, 6.07) is 0. The Bertz CT molecular complexity index is 164. The lowest BCUT2D eigenvalue weighted by Gasteiger charge is -2.32. The van der Waals surface area contributed by atoms with Crippen LogP contribution in [0.15, 0.2) is 0 Å². The first-order valence-electron chi connectivity index (χ1n) is 4.26. The van der Waals surface area contributed by atoms with Crippen LogP contribution in [0.25, 0.3) is 0 Å². The quantitative estimate of drug-likeness (QED) is 0.513. The number of halogens is 1. The lowest BCUT2D eigenvalue weighted by Crippen LogP contribution is -2.41. The Morgan fingerprint density at radius 1 is 1.08 bits per heavy atom. The van der Waals surface area contributed by atoms with Crippen molar-refractivity contribution in [1.82, 2.24) is 0 Å². The summed E-state index contributed by atoms with van der Waals surface area (Å²) in [5, 5.41) is 0. The monoisotopic (exact) mass is 234 g/mol. The highest BCUT2D eigenvalue weighted by atomic mass is 79.9. The molecular formula is C8H16BBrO2. The number of rotatable bonds is 1. The largest absolute Gasteiger partial charge is 0.472 e. The summed E-state index contributed by atoms with van der Waals surface area (Å²) in [7, 11) is -0.130. The van der Waals surface area contributed by atoms with Gasteiger partial charge >= 0.3 is 7.12 Å². The summed E-state index contributed by atoms with van der Waals surface area (Å²) in [4.78, 5) is 0. The van der Waals surface area contributed by atoms with E-state index >= 15 is 0 Å². The van der Waals surface area contributed by atoms with E-state index in [1.54, 1.807) is 0 Å². The molecule has 1 fully saturated rings. The lowest BCUT2D eigenvalue weighted by molar-refractivity contribution is 0.00578. The van der Waals surface area contributed by atoms with Gasteiger partial charge in [-0.25, -0.2) is 0 Å². The van der Waals surface area contributed by atoms with Crippen LogP contribution < -0.4 is 0 Å².